The average Bonchev–Trinajstić information content (AvgIpc) is 2.92. The van der Waals surface area contributed by atoms with E-state index in [-0.39, 0.29) is 0 Å². The van der Waals surface area contributed by atoms with Gasteiger partial charge in [0.05, 0.1) is 15.6 Å². The molecule has 0 bridgehead atoms. The quantitative estimate of drug-likeness (QED) is 0.717. The Balaban J connectivity index is 2.02. The Morgan fingerprint density at radius 1 is 0.900 bits per heavy atom. The molecule has 1 heterocycles. The van der Waals surface area contributed by atoms with Crippen LogP contribution in [-0.4, -0.2) is 10.2 Å². The summed E-state index contributed by atoms with van der Waals surface area (Å²) in [6, 6.07) is 12.4. The first-order valence-corrected chi connectivity index (χ1v) is 6.54. The van der Waals surface area contributed by atoms with Gasteiger partial charge < -0.3 is 10.2 Å². The van der Waals surface area contributed by atoms with Gasteiger partial charge >= 0.3 is 0 Å². The van der Waals surface area contributed by atoms with Crippen LogP contribution >= 0.6 is 23.2 Å². The second-order valence-corrected chi connectivity index (χ2v) is 4.94. The van der Waals surface area contributed by atoms with Crippen LogP contribution in [0.1, 0.15) is 0 Å². The van der Waals surface area contributed by atoms with E-state index in [1.54, 1.807) is 24.3 Å². The Labute approximate surface area is 125 Å². The molecule has 0 aliphatic carbocycles. The molecular formula is C14H9Cl2N3O. The van der Waals surface area contributed by atoms with E-state index >= 15 is 0 Å². The summed E-state index contributed by atoms with van der Waals surface area (Å²) in [6.45, 7) is 0. The van der Waals surface area contributed by atoms with Crippen LogP contribution in [-0.2, 0) is 0 Å². The molecule has 0 saturated carbocycles. The molecule has 0 aliphatic heterocycles. The molecule has 20 heavy (non-hydrogen) atoms. The summed E-state index contributed by atoms with van der Waals surface area (Å²) in [7, 11) is 0. The van der Waals surface area contributed by atoms with Crippen molar-refractivity contribution >= 4 is 28.9 Å². The lowest BCUT2D eigenvalue weighted by atomic mass is 10.2. The van der Waals surface area contributed by atoms with Gasteiger partial charge in [0.25, 0.3) is 0 Å². The molecule has 0 atom stereocenters. The molecule has 0 spiro atoms. The van der Waals surface area contributed by atoms with Crippen molar-refractivity contribution in [3.05, 3.63) is 52.5 Å². The number of hydrogen-bond donors (Lipinski definition) is 1. The fourth-order valence-electron chi connectivity index (χ4n) is 1.77. The number of anilines is 1. The summed E-state index contributed by atoms with van der Waals surface area (Å²) in [4.78, 5) is 0. The van der Waals surface area contributed by atoms with Crippen molar-refractivity contribution in [1.82, 2.24) is 10.2 Å². The highest BCUT2D eigenvalue weighted by atomic mass is 35.5. The van der Waals surface area contributed by atoms with Gasteiger partial charge in [0, 0.05) is 11.3 Å². The van der Waals surface area contributed by atoms with Crippen LogP contribution in [0.15, 0.2) is 46.9 Å². The van der Waals surface area contributed by atoms with Gasteiger partial charge in [-0.05, 0) is 30.3 Å². The molecule has 0 saturated heterocycles. The minimum atomic E-state index is 0.363. The van der Waals surface area contributed by atoms with Gasteiger partial charge in [-0.3, -0.25) is 0 Å². The summed E-state index contributed by atoms with van der Waals surface area (Å²) in [5.41, 5.74) is 7.86. The Hall–Kier alpha value is -2.04. The number of benzene rings is 2. The molecule has 3 rings (SSSR count). The number of aromatic nitrogens is 2. The number of para-hydroxylation sites is 1. The van der Waals surface area contributed by atoms with Crippen LogP contribution in [0, 0.1) is 0 Å². The number of halogens is 2. The molecule has 6 heteroatoms. The Morgan fingerprint density at radius 3 is 2.40 bits per heavy atom. The number of rotatable bonds is 2. The second kappa shape index (κ2) is 5.15. The third-order valence-corrected chi connectivity index (χ3v) is 3.52. The number of nitrogen functional groups attached to an aromatic ring is 1. The average molecular weight is 306 g/mol. The maximum Gasteiger partial charge on any atom is 0.250 e. The van der Waals surface area contributed by atoms with Gasteiger partial charge in [-0.2, -0.15) is 0 Å². The minimum Gasteiger partial charge on any atom is -0.416 e. The van der Waals surface area contributed by atoms with E-state index in [0.29, 0.717) is 38.6 Å². The normalized spacial score (nSPS) is 10.7. The topological polar surface area (TPSA) is 64.9 Å². The van der Waals surface area contributed by atoms with Crippen molar-refractivity contribution in [2.24, 2.45) is 0 Å². The summed E-state index contributed by atoms with van der Waals surface area (Å²) in [6.07, 6.45) is 0. The molecular weight excluding hydrogens is 297 g/mol. The van der Waals surface area contributed by atoms with E-state index < -0.39 is 0 Å². The molecule has 0 amide bonds. The molecule has 0 aliphatic rings. The van der Waals surface area contributed by atoms with Gasteiger partial charge in [0.15, 0.2) is 0 Å². The Morgan fingerprint density at radius 2 is 1.65 bits per heavy atom. The smallest absolute Gasteiger partial charge is 0.250 e. The molecule has 0 unspecified atom stereocenters. The van der Waals surface area contributed by atoms with E-state index in [9.17, 15) is 0 Å². The first-order valence-electron chi connectivity index (χ1n) is 5.79. The zero-order valence-corrected chi connectivity index (χ0v) is 11.7. The van der Waals surface area contributed by atoms with Crippen LogP contribution in [0.25, 0.3) is 22.9 Å². The van der Waals surface area contributed by atoms with Crippen LogP contribution in [0.2, 0.25) is 10.0 Å². The third-order valence-electron chi connectivity index (χ3n) is 2.78. The summed E-state index contributed by atoms with van der Waals surface area (Å²) >= 11 is 11.8. The number of nitrogens with zero attached hydrogens (tertiary/aromatic N) is 2. The summed E-state index contributed by atoms with van der Waals surface area (Å²) in [5.74, 6) is 0.728. The zero-order valence-electron chi connectivity index (χ0n) is 10.2. The second-order valence-electron chi connectivity index (χ2n) is 4.13. The van der Waals surface area contributed by atoms with Gasteiger partial charge in [-0.1, -0.05) is 35.3 Å². The fraction of sp³-hybridized carbons (Fsp3) is 0. The van der Waals surface area contributed by atoms with E-state index in [0.717, 1.165) is 0 Å². The van der Waals surface area contributed by atoms with Crippen LogP contribution in [0.4, 0.5) is 5.69 Å². The highest BCUT2D eigenvalue weighted by Crippen LogP contribution is 2.30. The summed E-state index contributed by atoms with van der Waals surface area (Å²) < 4.78 is 5.63. The molecule has 0 fully saturated rings. The van der Waals surface area contributed by atoms with Crippen LogP contribution < -0.4 is 5.73 Å². The predicted octanol–water partition coefficient (Wildman–Crippen LogP) is 4.29. The Kier molecular flexibility index (Phi) is 3.34. The van der Waals surface area contributed by atoms with E-state index in [4.69, 9.17) is 33.4 Å². The lowest BCUT2D eigenvalue weighted by Gasteiger charge is -1.99. The molecule has 0 radical (unpaired) electrons. The minimum absolute atomic E-state index is 0.363. The third kappa shape index (κ3) is 2.35. The lowest BCUT2D eigenvalue weighted by molar-refractivity contribution is 0.585. The van der Waals surface area contributed by atoms with E-state index in [1.807, 2.05) is 18.2 Å². The lowest BCUT2D eigenvalue weighted by Crippen LogP contribution is -1.88. The first-order chi connectivity index (χ1) is 9.65. The fourth-order valence-corrected chi connectivity index (χ4v) is 2.07. The zero-order chi connectivity index (χ0) is 14.1. The Bertz CT molecular complexity index is 771. The molecule has 1 aromatic heterocycles. The molecule has 2 aromatic carbocycles. The predicted molar refractivity (Wildman–Crippen MR) is 79.6 cm³/mol. The van der Waals surface area contributed by atoms with Crippen molar-refractivity contribution in [3.8, 4) is 22.9 Å². The maximum atomic E-state index is 5.97. The largest absolute Gasteiger partial charge is 0.416 e. The van der Waals surface area contributed by atoms with Gasteiger partial charge in [0.1, 0.15) is 0 Å². The summed E-state index contributed by atoms with van der Waals surface area (Å²) in [5, 5.41) is 8.91. The maximum absolute atomic E-state index is 5.97. The van der Waals surface area contributed by atoms with Crippen molar-refractivity contribution < 1.29 is 4.42 Å². The number of hydrogen-bond acceptors (Lipinski definition) is 4. The van der Waals surface area contributed by atoms with Crippen molar-refractivity contribution in [1.29, 1.82) is 0 Å². The molecule has 3 aromatic rings. The van der Waals surface area contributed by atoms with Crippen LogP contribution in [0.5, 0.6) is 0 Å². The highest BCUT2D eigenvalue weighted by Gasteiger charge is 2.13. The van der Waals surface area contributed by atoms with Gasteiger partial charge in [-0.25, -0.2) is 0 Å². The van der Waals surface area contributed by atoms with E-state index in [2.05, 4.69) is 10.2 Å². The monoisotopic (exact) mass is 305 g/mol. The molecule has 100 valence electrons. The van der Waals surface area contributed by atoms with Crippen molar-refractivity contribution in [2.75, 3.05) is 5.73 Å². The van der Waals surface area contributed by atoms with Gasteiger partial charge in [-0.15, -0.1) is 10.2 Å². The van der Waals surface area contributed by atoms with Crippen molar-refractivity contribution in [3.63, 3.8) is 0 Å². The molecule has 4 nitrogen and oxygen atoms in total. The standard InChI is InChI=1S/C14H9Cl2N3O/c15-10-6-5-8(7-11(10)16)13-18-19-14(20-13)9-3-1-2-4-12(9)17/h1-7H,17H2. The highest BCUT2D eigenvalue weighted by molar-refractivity contribution is 6.42. The van der Waals surface area contributed by atoms with E-state index in [1.165, 1.54) is 0 Å². The van der Waals surface area contributed by atoms with Crippen LogP contribution in [0.3, 0.4) is 0 Å². The first kappa shape index (κ1) is 13.0. The molecule has 2 N–H and O–H groups in total. The SMILES string of the molecule is Nc1ccccc1-c1nnc(-c2ccc(Cl)c(Cl)c2)o1. The van der Waals surface area contributed by atoms with Gasteiger partial charge in [0.2, 0.25) is 11.8 Å². The number of nitrogens with two attached hydrogens (primary N) is 1. The van der Waals surface area contributed by atoms with Crippen molar-refractivity contribution in [2.45, 2.75) is 0 Å².